The number of carboxylic acid groups (broad SMARTS) is 1. The molecule has 1 aromatic heterocycles. The van der Waals surface area contributed by atoms with Crippen LogP contribution in [0.25, 0.3) is 11.0 Å². The lowest BCUT2D eigenvalue weighted by Crippen LogP contribution is -2.08. The number of carbonyl (C=O) groups is 1. The highest BCUT2D eigenvalue weighted by Gasteiger charge is 2.16. The number of thioether (sulfide) groups is 1. The maximum absolute atomic E-state index is 11.1. The lowest BCUT2D eigenvalue weighted by atomic mass is 10.1. The third-order valence-electron chi connectivity index (χ3n) is 3.03. The summed E-state index contributed by atoms with van der Waals surface area (Å²) in [4.78, 5) is 11.1. The molecule has 2 aromatic rings. The quantitative estimate of drug-likeness (QED) is 0.823. The van der Waals surface area contributed by atoms with Crippen LogP contribution in [0.15, 0.2) is 18.2 Å². The maximum atomic E-state index is 11.1. The Morgan fingerprint density at radius 1 is 1.53 bits per heavy atom. The predicted octanol–water partition coefficient (Wildman–Crippen LogP) is 2.83. The minimum Gasteiger partial charge on any atom is -0.478 e. The van der Waals surface area contributed by atoms with Crippen molar-refractivity contribution in [1.82, 2.24) is 15.0 Å². The zero-order valence-corrected chi connectivity index (χ0v) is 11.9. The minimum absolute atomic E-state index is 0.207. The largest absolute Gasteiger partial charge is 0.478 e. The average molecular weight is 279 g/mol. The predicted molar refractivity (Wildman–Crippen MR) is 76.8 cm³/mol. The molecule has 2 rings (SSSR count). The van der Waals surface area contributed by atoms with Crippen molar-refractivity contribution in [3.05, 3.63) is 23.8 Å². The average Bonchev–Trinajstić information content (AvgIpc) is 2.82. The number of aromatic nitrogens is 3. The van der Waals surface area contributed by atoms with E-state index in [2.05, 4.69) is 24.2 Å². The van der Waals surface area contributed by atoms with Gasteiger partial charge in [-0.2, -0.15) is 11.8 Å². The topological polar surface area (TPSA) is 68.0 Å². The van der Waals surface area contributed by atoms with Gasteiger partial charge < -0.3 is 5.11 Å². The maximum Gasteiger partial charge on any atom is 0.338 e. The third-order valence-corrected chi connectivity index (χ3v) is 3.97. The van der Waals surface area contributed by atoms with Crippen LogP contribution in [0.1, 0.15) is 36.7 Å². The van der Waals surface area contributed by atoms with Gasteiger partial charge in [-0.15, -0.1) is 5.10 Å². The van der Waals surface area contributed by atoms with Crippen LogP contribution < -0.4 is 0 Å². The summed E-state index contributed by atoms with van der Waals surface area (Å²) >= 11 is 1.89. The Morgan fingerprint density at radius 3 is 3.00 bits per heavy atom. The molecule has 1 heterocycles. The Labute approximate surface area is 116 Å². The van der Waals surface area contributed by atoms with Crippen LogP contribution in [0.5, 0.6) is 0 Å². The van der Waals surface area contributed by atoms with Crippen LogP contribution in [-0.2, 0) is 0 Å². The van der Waals surface area contributed by atoms with E-state index in [0.717, 1.165) is 23.4 Å². The molecule has 1 atom stereocenters. The Balaban J connectivity index is 2.30. The van der Waals surface area contributed by atoms with Crippen LogP contribution in [0.4, 0.5) is 0 Å². The Morgan fingerprint density at radius 2 is 2.32 bits per heavy atom. The first-order chi connectivity index (χ1) is 9.15. The van der Waals surface area contributed by atoms with E-state index in [0.29, 0.717) is 5.52 Å². The Hall–Kier alpha value is -1.56. The first kappa shape index (κ1) is 13.9. The number of aromatic carboxylic acids is 1. The van der Waals surface area contributed by atoms with E-state index >= 15 is 0 Å². The molecular weight excluding hydrogens is 262 g/mol. The molecule has 1 aromatic carbocycles. The first-order valence-corrected chi connectivity index (χ1v) is 7.45. The van der Waals surface area contributed by atoms with Gasteiger partial charge in [-0.05, 0) is 37.0 Å². The van der Waals surface area contributed by atoms with Gasteiger partial charge in [0, 0.05) is 0 Å². The van der Waals surface area contributed by atoms with Gasteiger partial charge in [-0.1, -0.05) is 18.2 Å². The van der Waals surface area contributed by atoms with Crippen LogP contribution in [0.2, 0.25) is 0 Å². The van der Waals surface area contributed by atoms with Crippen LogP contribution >= 0.6 is 11.8 Å². The van der Waals surface area contributed by atoms with E-state index in [1.54, 1.807) is 12.1 Å². The van der Waals surface area contributed by atoms with E-state index < -0.39 is 5.97 Å². The van der Waals surface area contributed by atoms with E-state index in [9.17, 15) is 4.79 Å². The van der Waals surface area contributed by atoms with Crippen molar-refractivity contribution in [2.75, 3.05) is 11.5 Å². The molecule has 6 heteroatoms. The number of hydrogen-bond donors (Lipinski definition) is 1. The summed E-state index contributed by atoms with van der Waals surface area (Å²) in [6.07, 6.45) is 0.994. The summed E-state index contributed by atoms with van der Waals surface area (Å²) in [6.45, 7) is 4.22. The fourth-order valence-corrected chi connectivity index (χ4v) is 2.78. The zero-order valence-electron chi connectivity index (χ0n) is 11.0. The number of nitrogens with zero attached hydrogens (tertiary/aromatic N) is 3. The van der Waals surface area contributed by atoms with Crippen LogP contribution in [0.3, 0.4) is 0 Å². The SMILES string of the molecule is CCSCCC(C)n1nnc2c(C(=O)O)cccc21. The van der Waals surface area contributed by atoms with E-state index in [-0.39, 0.29) is 11.6 Å². The Bertz CT molecular complexity index is 582. The number of carboxylic acids is 1. The Kier molecular flexibility index (Phi) is 4.42. The van der Waals surface area contributed by atoms with Crippen LogP contribution in [0, 0.1) is 0 Å². The molecule has 0 bridgehead atoms. The highest BCUT2D eigenvalue weighted by atomic mass is 32.2. The van der Waals surface area contributed by atoms with Gasteiger partial charge >= 0.3 is 5.97 Å². The van der Waals surface area contributed by atoms with Crippen molar-refractivity contribution in [3.8, 4) is 0 Å². The van der Waals surface area contributed by atoms with Crippen molar-refractivity contribution in [2.45, 2.75) is 26.3 Å². The molecule has 102 valence electrons. The molecular formula is C13H17N3O2S. The molecule has 5 nitrogen and oxygen atoms in total. The van der Waals surface area contributed by atoms with Gasteiger partial charge in [0.15, 0.2) is 0 Å². The molecule has 0 fully saturated rings. The molecule has 1 N–H and O–H groups in total. The molecule has 0 saturated heterocycles. The second-order valence-electron chi connectivity index (χ2n) is 4.35. The van der Waals surface area contributed by atoms with Gasteiger partial charge in [0.1, 0.15) is 5.52 Å². The molecule has 1 unspecified atom stereocenters. The number of fused-ring (bicyclic) bond motifs is 1. The molecule has 0 amide bonds. The van der Waals surface area contributed by atoms with E-state index in [1.165, 1.54) is 0 Å². The summed E-state index contributed by atoms with van der Waals surface area (Å²) in [7, 11) is 0. The van der Waals surface area contributed by atoms with Crippen molar-refractivity contribution >= 4 is 28.8 Å². The second kappa shape index (κ2) is 6.06. The molecule has 0 aliphatic rings. The fraction of sp³-hybridized carbons (Fsp3) is 0.462. The summed E-state index contributed by atoms with van der Waals surface area (Å²) in [5.74, 6) is 1.21. The lowest BCUT2D eigenvalue weighted by Gasteiger charge is -2.11. The standard InChI is InChI=1S/C13H17N3O2S/c1-3-19-8-7-9(2)16-11-6-4-5-10(13(17)18)12(11)14-15-16/h4-6,9H,3,7-8H2,1-2H3,(H,17,18). The first-order valence-electron chi connectivity index (χ1n) is 6.30. The summed E-state index contributed by atoms with van der Waals surface area (Å²) < 4.78 is 1.82. The number of rotatable bonds is 6. The molecule has 0 radical (unpaired) electrons. The van der Waals surface area contributed by atoms with Crippen molar-refractivity contribution < 1.29 is 9.90 Å². The molecule has 0 aliphatic heterocycles. The highest BCUT2D eigenvalue weighted by Crippen LogP contribution is 2.22. The number of benzene rings is 1. The van der Waals surface area contributed by atoms with Crippen LogP contribution in [-0.4, -0.2) is 37.6 Å². The molecule has 0 saturated carbocycles. The van der Waals surface area contributed by atoms with E-state index in [1.807, 2.05) is 22.5 Å². The minimum atomic E-state index is -0.966. The monoisotopic (exact) mass is 279 g/mol. The van der Waals surface area contributed by atoms with E-state index in [4.69, 9.17) is 5.11 Å². The lowest BCUT2D eigenvalue weighted by molar-refractivity contribution is 0.0699. The highest BCUT2D eigenvalue weighted by molar-refractivity contribution is 7.99. The van der Waals surface area contributed by atoms with Crippen molar-refractivity contribution in [2.24, 2.45) is 0 Å². The smallest absolute Gasteiger partial charge is 0.338 e. The summed E-state index contributed by atoms with van der Waals surface area (Å²) in [6, 6.07) is 5.37. The molecule has 0 spiro atoms. The third kappa shape index (κ3) is 2.89. The zero-order chi connectivity index (χ0) is 13.8. The van der Waals surface area contributed by atoms with Crippen molar-refractivity contribution in [1.29, 1.82) is 0 Å². The van der Waals surface area contributed by atoms with Gasteiger partial charge in [-0.25, -0.2) is 9.48 Å². The summed E-state index contributed by atoms with van der Waals surface area (Å²) in [5.41, 5.74) is 1.46. The van der Waals surface area contributed by atoms with Gasteiger partial charge in [-0.3, -0.25) is 0 Å². The molecule has 19 heavy (non-hydrogen) atoms. The molecule has 0 aliphatic carbocycles. The van der Waals surface area contributed by atoms with Gasteiger partial charge in [0.25, 0.3) is 0 Å². The fourth-order valence-electron chi connectivity index (χ4n) is 1.98. The van der Waals surface area contributed by atoms with Gasteiger partial charge in [0.2, 0.25) is 0 Å². The van der Waals surface area contributed by atoms with Gasteiger partial charge in [0.05, 0.1) is 17.1 Å². The summed E-state index contributed by atoms with van der Waals surface area (Å²) in [5, 5.41) is 17.2. The van der Waals surface area contributed by atoms with Crippen molar-refractivity contribution in [3.63, 3.8) is 0 Å². The normalized spacial score (nSPS) is 12.7. The second-order valence-corrected chi connectivity index (χ2v) is 5.74. The number of hydrogen-bond acceptors (Lipinski definition) is 4.